The third-order valence-corrected chi connectivity index (χ3v) is 4.79. The van der Waals surface area contributed by atoms with E-state index in [2.05, 4.69) is 15.6 Å². The fourth-order valence-electron chi connectivity index (χ4n) is 3.42. The van der Waals surface area contributed by atoms with E-state index < -0.39 is 0 Å². The van der Waals surface area contributed by atoms with Gasteiger partial charge in [0.15, 0.2) is 0 Å². The number of nitrogens with one attached hydrogen (secondary N) is 2. The summed E-state index contributed by atoms with van der Waals surface area (Å²) in [6, 6.07) is 9.87. The van der Waals surface area contributed by atoms with Gasteiger partial charge >= 0.3 is 0 Å². The smallest absolute Gasteiger partial charge is 0.255 e. The summed E-state index contributed by atoms with van der Waals surface area (Å²) >= 11 is 0. The number of hydrogen-bond donors (Lipinski definition) is 2. The zero-order valence-corrected chi connectivity index (χ0v) is 17.8. The number of nitrogens with zero attached hydrogens (tertiary/aromatic N) is 2. The molecular weight excluding hydrogens is 383 g/mol. The van der Waals surface area contributed by atoms with Gasteiger partial charge < -0.3 is 10.6 Å². The van der Waals surface area contributed by atoms with Crippen LogP contribution < -0.4 is 16.2 Å². The average Bonchev–Trinajstić information content (AvgIpc) is 2.64. The highest BCUT2D eigenvalue weighted by Gasteiger charge is 2.14. The number of carbonyl (C=O) groups is 1. The van der Waals surface area contributed by atoms with E-state index in [1.807, 2.05) is 32.9 Å². The summed E-state index contributed by atoms with van der Waals surface area (Å²) in [5.74, 6) is -0.437. The van der Waals surface area contributed by atoms with E-state index in [0.29, 0.717) is 16.9 Å². The summed E-state index contributed by atoms with van der Waals surface area (Å²) in [4.78, 5) is 29.7. The van der Waals surface area contributed by atoms with Gasteiger partial charge in [-0.05, 0) is 69.5 Å². The third-order valence-electron chi connectivity index (χ3n) is 4.79. The number of benzene rings is 2. The van der Waals surface area contributed by atoms with Crippen LogP contribution in [0.3, 0.4) is 0 Å². The molecule has 0 aliphatic rings. The number of aryl methyl sites for hydroxylation is 5. The van der Waals surface area contributed by atoms with Crippen LogP contribution in [-0.2, 0) is 11.3 Å². The Hall–Kier alpha value is -3.48. The maximum absolute atomic E-state index is 13.6. The predicted octanol–water partition coefficient (Wildman–Crippen LogP) is 4.31. The molecule has 0 saturated carbocycles. The largest absolute Gasteiger partial charge is 0.326 e. The van der Waals surface area contributed by atoms with Crippen LogP contribution >= 0.6 is 0 Å². The molecule has 0 bridgehead atoms. The highest BCUT2D eigenvalue weighted by Crippen LogP contribution is 2.22. The second-order valence-corrected chi connectivity index (χ2v) is 7.56. The van der Waals surface area contributed by atoms with E-state index >= 15 is 0 Å². The molecule has 6 nitrogen and oxygen atoms in total. The number of aromatic nitrogens is 2. The summed E-state index contributed by atoms with van der Waals surface area (Å²) in [7, 11) is 0. The summed E-state index contributed by atoms with van der Waals surface area (Å²) in [5, 5.41) is 5.93. The van der Waals surface area contributed by atoms with Gasteiger partial charge in [0.2, 0.25) is 11.9 Å². The molecule has 0 fully saturated rings. The minimum atomic E-state index is -0.351. The molecule has 1 aromatic heterocycles. The van der Waals surface area contributed by atoms with Crippen LogP contribution in [0, 0.1) is 40.4 Å². The number of hydrogen-bond acceptors (Lipinski definition) is 4. The van der Waals surface area contributed by atoms with Crippen LogP contribution in [0.15, 0.2) is 41.2 Å². The summed E-state index contributed by atoms with van der Waals surface area (Å²) in [5.41, 5.74) is 4.96. The Balaban J connectivity index is 1.89. The van der Waals surface area contributed by atoms with Crippen molar-refractivity contribution in [3.63, 3.8) is 0 Å². The first kappa shape index (κ1) is 21.2. The molecule has 0 atom stereocenters. The Labute approximate surface area is 174 Å². The van der Waals surface area contributed by atoms with E-state index in [1.165, 1.54) is 16.7 Å². The topological polar surface area (TPSA) is 76.0 Å². The fraction of sp³-hybridized carbons (Fsp3) is 0.261. The summed E-state index contributed by atoms with van der Waals surface area (Å²) < 4.78 is 14.8. The molecule has 1 amide bonds. The van der Waals surface area contributed by atoms with Crippen molar-refractivity contribution in [2.24, 2.45) is 0 Å². The van der Waals surface area contributed by atoms with Crippen molar-refractivity contribution in [2.45, 2.75) is 41.2 Å². The number of rotatable bonds is 5. The van der Waals surface area contributed by atoms with E-state index in [9.17, 15) is 14.0 Å². The molecule has 0 aliphatic heterocycles. The Morgan fingerprint density at radius 2 is 1.67 bits per heavy atom. The molecule has 0 spiro atoms. The first-order valence-corrected chi connectivity index (χ1v) is 9.63. The van der Waals surface area contributed by atoms with Crippen molar-refractivity contribution in [3.8, 4) is 0 Å². The molecule has 3 rings (SSSR count). The SMILES string of the molecule is Cc1cc(C)c(NC(=O)Cn2c(Nc3ccc(F)c(C)c3)nc(C)cc2=O)c(C)c1. The van der Waals surface area contributed by atoms with Gasteiger partial charge in [-0.2, -0.15) is 0 Å². The lowest BCUT2D eigenvalue weighted by Crippen LogP contribution is -2.30. The van der Waals surface area contributed by atoms with Crippen LogP contribution in [0.2, 0.25) is 0 Å². The van der Waals surface area contributed by atoms with E-state index in [4.69, 9.17) is 0 Å². The highest BCUT2D eigenvalue weighted by molar-refractivity contribution is 5.92. The fourth-order valence-corrected chi connectivity index (χ4v) is 3.42. The Bertz CT molecular complexity index is 1160. The molecule has 2 N–H and O–H groups in total. The van der Waals surface area contributed by atoms with Crippen molar-refractivity contribution in [3.05, 3.63) is 80.5 Å². The molecule has 1 heterocycles. The van der Waals surface area contributed by atoms with Crippen LogP contribution in [-0.4, -0.2) is 15.5 Å². The molecule has 0 unspecified atom stereocenters. The monoisotopic (exact) mass is 408 g/mol. The maximum atomic E-state index is 13.6. The molecule has 156 valence electrons. The quantitative estimate of drug-likeness (QED) is 0.660. The number of carbonyl (C=O) groups excluding carboxylic acids is 1. The highest BCUT2D eigenvalue weighted by atomic mass is 19.1. The first-order chi connectivity index (χ1) is 14.1. The normalized spacial score (nSPS) is 10.7. The van der Waals surface area contributed by atoms with Crippen molar-refractivity contribution >= 4 is 23.2 Å². The molecule has 0 aliphatic carbocycles. The summed E-state index contributed by atoms with van der Waals surface area (Å²) in [6.45, 7) is 9.00. The van der Waals surface area contributed by atoms with Gasteiger partial charge in [-0.25, -0.2) is 9.37 Å². The van der Waals surface area contributed by atoms with E-state index in [1.54, 1.807) is 26.0 Å². The van der Waals surface area contributed by atoms with Crippen molar-refractivity contribution in [1.29, 1.82) is 0 Å². The number of anilines is 3. The molecule has 7 heteroatoms. The van der Waals surface area contributed by atoms with Crippen molar-refractivity contribution in [1.82, 2.24) is 9.55 Å². The zero-order valence-electron chi connectivity index (χ0n) is 17.8. The standard InChI is InChI=1S/C23H25FN4O2/c1-13-8-15(3)22(16(4)9-13)27-20(29)12-28-21(30)11-17(5)25-23(28)26-18-6-7-19(24)14(2)10-18/h6-11H,12H2,1-5H3,(H,25,26)(H,27,29). The maximum Gasteiger partial charge on any atom is 0.255 e. The molecular formula is C23H25FN4O2. The van der Waals surface area contributed by atoms with Gasteiger partial charge in [-0.1, -0.05) is 17.7 Å². The van der Waals surface area contributed by atoms with Crippen LogP contribution in [0.4, 0.5) is 21.7 Å². The second-order valence-electron chi connectivity index (χ2n) is 7.56. The third kappa shape index (κ3) is 4.74. The molecule has 30 heavy (non-hydrogen) atoms. The Morgan fingerprint density at radius 3 is 2.30 bits per heavy atom. The summed E-state index contributed by atoms with van der Waals surface area (Å²) in [6.07, 6.45) is 0. The van der Waals surface area contributed by atoms with E-state index in [-0.39, 0.29) is 29.8 Å². The lowest BCUT2D eigenvalue weighted by molar-refractivity contribution is -0.116. The molecule has 2 aromatic carbocycles. The lowest BCUT2D eigenvalue weighted by Gasteiger charge is -2.16. The van der Waals surface area contributed by atoms with Gasteiger partial charge in [0, 0.05) is 23.1 Å². The number of halogens is 1. The van der Waals surface area contributed by atoms with Crippen LogP contribution in [0.5, 0.6) is 0 Å². The predicted molar refractivity (Wildman–Crippen MR) is 117 cm³/mol. The van der Waals surface area contributed by atoms with Gasteiger partial charge in [0.25, 0.3) is 5.56 Å². The zero-order chi connectivity index (χ0) is 22.0. The Morgan fingerprint density at radius 1 is 1.00 bits per heavy atom. The minimum Gasteiger partial charge on any atom is -0.326 e. The van der Waals surface area contributed by atoms with Gasteiger partial charge in [0.05, 0.1) is 0 Å². The van der Waals surface area contributed by atoms with Gasteiger partial charge in [-0.15, -0.1) is 0 Å². The van der Waals surface area contributed by atoms with Gasteiger partial charge in [0.1, 0.15) is 12.4 Å². The lowest BCUT2D eigenvalue weighted by atomic mass is 10.1. The Kier molecular flexibility index (Phi) is 6.01. The molecule has 0 saturated heterocycles. The number of amides is 1. The second kappa shape index (κ2) is 8.49. The van der Waals surface area contributed by atoms with Gasteiger partial charge in [-0.3, -0.25) is 14.2 Å². The van der Waals surface area contributed by atoms with E-state index in [0.717, 1.165) is 22.4 Å². The average molecular weight is 408 g/mol. The minimum absolute atomic E-state index is 0.207. The molecule has 3 aromatic rings. The van der Waals surface area contributed by atoms with Crippen molar-refractivity contribution < 1.29 is 9.18 Å². The van der Waals surface area contributed by atoms with Crippen LogP contribution in [0.1, 0.15) is 27.9 Å². The van der Waals surface area contributed by atoms with Crippen LogP contribution in [0.25, 0.3) is 0 Å². The molecule has 0 radical (unpaired) electrons. The van der Waals surface area contributed by atoms with Crippen molar-refractivity contribution in [2.75, 3.05) is 10.6 Å². The first-order valence-electron chi connectivity index (χ1n) is 9.63.